The molecule has 0 radical (unpaired) electrons. The molecule has 2 aliphatic rings. The Bertz CT molecular complexity index is 422. The van der Waals surface area contributed by atoms with Gasteiger partial charge >= 0.3 is 0 Å². The second kappa shape index (κ2) is 4.09. The van der Waals surface area contributed by atoms with Crippen molar-refractivity contribution < 1.29 is 14.4 Å². The maximum atomic E-state index is 11.1. The minimum Gasteiger partial charge on any atom is -0.372 e. The summed E-state index contributed by atoms with van der Waals surface area (Å²) in [7, 11) is 0. The summed E-state index contributed by atoms with van der Waals surface area (Å²) < 4.78 is 11.0. The van der Waals surface area contributed by atoms with E-state index in [4.69, 9.17) is 9.47 Å². The van der Waals surface area contributed by atoms with Crippen molar-refractivity contribution in [3.05, 3.63) is 46.0 Å². The van der Waals surface area contributed by atoms with E-state index in [-0.39, 0.29) is 23.0 Å². The number of hydrogen-bond acceptors (Lipinski definition) is 4. The van der Waals surface area contributed by atoms with Crippen molar-refractivity contribution in [3.8, 4) is 0 Å². The molecule has 17 heavy (non-hydrogen) atoms. The molecule has 0 bridgehead atoms. The van der Waals surface area contributed by atoms with Crippen LogP contribution >= 0.6 is 0 Å². The molecule has 0 amide bonds. The summed E-state index contributed by atoms with van der Waals surface area (Å²) in [5, 5.41) is 11.1. The third kappa shape index (κ3) is 1.62. The minimum atomic E-state index is -0.678. The van der Waals surface area contributed by atoms with Crippen molar-refractivity contribution in [2.24, 2.45) is 0 Å². The van der Waals surface area contributed by atoms with E-state index in [2.05, 4.69) is 0 Å². The van der Waals surface area contributed by atoms with E-state index in [1.54, 1.807) is 0 Å². The lowest BCUT2D eigenvalue weighted by atomic mass is 9.69. The van der Waals surface area contributed by atoms with Crippen molar-refractivity contribution in [2.75, 3.05) is 13.2 Å². The lowest BCUT2D eigenvalue weighted by molar-refractivity contribution is -0.569. The van der Waals surface area contributed by atoms with Gasteiger partial charge in [0.2, 0.25) is 0 Å². The number of hydrogen-bond donors (Lipinski definition) is 0. The Labute approximate surface area is 98.5 Å². The highest BCUT2D eigenvalue weighted by molar-refractivity contribution is 5.28. The van der Waals surface area contributed by atoms with Gasteiger partial charge in [-0.05, 0) is 5.56 Å². The van der Waals surface area contributed by atoms with Crippen LogP contribution in [-0.2, 0) is 9.47 Å². The second-order valence-corrected chi connectivity index (χ2v) is 4.38. The van der Waals surface area contributed by atoms with Gasteiger partial charge in [-0.3, -0.25) is 10.1 Å². The van der Waals surface area contributed by atoms with Crippen LogP contribution in [0.5, 0.6) is 0 Å². The number of nitro groups is 1. The van der Waals surface area contributed by atoms with Gasteiger partial charge < -0.3 is 9.47 Å². The standard InChI is InChI=1S/C12H13NO4/c14-13(15)10-9(8-4-2-1-3-5-8)11-12(10)17-7-6-16-11/h1-5,9-12H,6-7H2/t9-,10-,11+,12+/m0/s1. The van der Waals surface area contributed by atoms with E-state index in [1.165, 1.54) is 0 Å². The molecule has 1 aliphatic heterocycles. The molecule has 0 unspecified atom stereocenters. The highest BCUT2D eigenvalue weighted by Gasteiger charge is 2.61. The average Bonchev–Trinajstić information content (AvgIpc) is 2.31. The van der Waals surface area contributed by atoms with E-state index < -0.39 is 6.04 Å². The molecule has 1 aliphatic carbocycles. The summed E-state index contributed by atoms with van der Waals surface area (Å²) in [5.74, 6) is -0.184. The van der Waals surface area contributed by atoms with Crippen LogP contribution in [0.15, 0.2) is 30.3 Å². The van der Waals surface area contributed by atoms with E-state index in [0.717, 1.165) is 5.56 Å². The molecule has 5 nitrogen and oxygen atoms in total. The van der Waals surface area contributed by atoms with Gasteiger partial charge in [-0.15, -0.1) is 0 Å². The van der Waals surface area contributed by atoms with Gasteiger partial charge in [-0.1, -0.05) is 30.3 Å². The highest BCUT2D eigenvalue weighted by Crippen LogP contribution is 2.44. The Morgan fingerprint density at radius 3 is 2.41 bits per heavy atom. The normalized spacial score (nSPS) is 35.8. The molecule has 4 atom stereocenters. The van der Waals surface area contributed by atoms with Crippen LogP contribution in [-0.4, -0.2) is 36.4 Å². The second-order valence-electron chi connectivity index (χ2n) is 4.38. The first-order valence-electron chi connectivity index (χ1n) is 5.70. The first-order chi connectivity index (χ1) is 8.29. The molecule has 1 heterocycles. The molecular formula is C12H13NO4. The van der Waals surface area contributed by atoms with Crippen LogP contribution in [0.1, 0.15) is 11.5 Å². The molecule has 1 aromatic carbocycles. The maximum absolute atomic E-state index is 11.1. The first-order valence-corrected chi connectivity index (χ1v) is 5.70. The lowest BCUT2D eigenvalue weighted by Gasteiger charge is -2.47. The predicted octanol–water partition coefficient (Wildman–Crippen LogP) is 1.21. The zero-order chi connectivity index (χ0) is 11.8. The Balaban J connectivity index is 1.89. The number of ether oxygens (including phenoxy) is 2. The Morgan fingerprint density at radius 2 is 1.76 bits per heavy atom. The van der Waals surface area contributed by atoms with Crippen molar-refractivity contribution >= 4 is 0 Å². The van der Waals surface area contributed by atoms with E-state index in [9.17, 15) is 10.1 Å². The number of nitrogens with zero attached hydrogens (tertiary/aromatic N) is 1. The van der Waals surface area contributed by atoms with E-state index in [0.29, 0.717) is 13.2 Å². The molecule has 2 fully saturated rings. The zero-order valence-corrected chi connectivity index (χ0v) is 9.19. The fourth-order valence-corrected chi connectivity index (χ4v) is 2.73. The summed E-state index contributed by atoms with van der Waals surface area (Å²) in [5.41, 5.74) is 0.959. The zero-order valence-electron chi connectivity index (χ0n) is 9.19. The monoisotopic (exact) mass is 235 g/mol. The molecule has 0 N–H and O–H groups in total. The average molecular weight is 235 g/mol. The highest BCUT2D eigenvalue weighted by atomic mass is 16.6. The summed E-state index contributed by atoms with van der Waals surface area (Å²) in [6, 6.07) is 8.83. The van der Waals surface area contributed by atoms with Crippen molar-refractivity contribution in [1.29, 1.82) is 0 Å². The molecule has 3 rings (SSSR count). The summed E-state index contributed by atoms with van der Waals surface area (Å²) >= 11 is 0. The van der Waals surface area contributed by atoms with Gasteiger partial charge in [-0.2, -0.15) is 0 Å². The summed E-state index contributed by atoms with van der Waals surface area (Å²) in [4.78, 5) is 10.8. The van der Waals surface area contributed by atoms with E-state index >= 15 is 0 Å². The van der Waals surface area contributed by atoms with Crippen LogP contribution < -0.4 is 0 Å². The Hall–Kier alpha value is -1.46. The van der Waals surface area contributed by atoms with Gasteiger partial charge in [-0.25, -0.2) is 0 Å². The van der Waals surface area contributed by atoms with E-state index in [1.807, 2.05) is 30.3 Å². The Morgan fingerprint density at radius 1 is 1.12 bits per heavy atom. The SMILES string of the molecule is O=[N+]([O-])[C@@H]1[C@H]2OCCO[C@@H]2[C@H]1c1ccccc1. The molecule has 1 aromatic rings. The number of rotatable bonds is 2. The Kier molecular flexibility index (Phi) is 2.57. The number of fused-ring (bicyclic) bond motifs is 1. The summed E-state index contributed by atoms with van der Waals surface area (Å²) in [6.07, 6.45) is -0.550. The molecular weight excluding hydrogens is 222 g/mol. The number of benzene rings is 1. The molecule has 90 valence electrons. The van der Waals surface area contributed by atoms with Gasteiger partial charge in [0, 0.05) is 4.92 Å². The van der Waals surface area contributed by atoms with Gasteiger partial charge in [0.1, 0.15) is 6.10 Å². The van der Waals surface area contributed by atoms with Crippen LogP contribution in [0.4, 0.5) is 0 Å². The molecule has 0 aromatic heterocycles. The largest absolute Gasteiger partial charge is 0.372 e. The van der Waals surface area contributed by atoms with Crippen LogP contribution in [0.2, 0.25) is 0 Å². The maximum Gasteiger partial charge on any atom is 0.250 e. The third-order valence-corrected chi connectivity index (χ3v) is 3.51. The fraction of sp³-hybridized carbons (Fsp3) is 0.500. The van der Waals surface area contributed by atoms with Crippen molar-refractivity contribution in [2.45, 2.75) is 24.2 Å². The topological polar surface area (TPSA) is 61.6 Å². The van der Waals surface area contributed by atoms with Gasteiger partial charge in [0.15, 0.2) is 6.10 Å². The van der Waals surface area contributed by atoms with Crippen LogP contribution in [0.3, 0.4) is 0 Å². The minimum absolute atomic E-state index is 0.165. The van der Waals surface area contributed by atoms with Gasteiger partial charge in [0.25, 0.3) is 6.04 Å². The van der Waals surface area contributed by atoms with Crippen LogP contribution in [0.25, 0.3) is 0 Å². The van der Waals surface area contributed by atoms with Gasteiger partial charge in [0.05, 0.1) is 19.1 Å². The molecule has 1 saturated carbocycles. The molecule has 1 saturated heterocycles. The fourth-order valence-electron chi connectivity index (χ4n) is 2.73. The third-order valence-electron chi connectivity index (χ3n) is 3.51. The smallest absolute Gasteiger partial charge is 0.250 e. The van der Waals surface area contributed by atoms with Crippen molar-refractivity contribution in [1.82, 2.24) is 0 Å². The van der Waals surface area contributed by atoms with Crippen molar-refractivity contribution in [3.63, 3.8) is 0 Å². The summed E-state index contributed by atoms with van der Waals surface area (Å²) in [6.45, 7) is 0.974. The predicted molar refractivity (Wildman–Crippen MR) is 59.4 cm³/mol. The quantitative estimate of drug-likeness (QED) is 0.571. The lowest BCUT2D eigenvalue weighted by Crippen LogP contribution is -2.65. The first kappa shape index (κ1) is 10.7. The van der Waals surface area contributed by atoms with Crippen LogP contribution in [0, 0.1) is 10.1 Å². The molecule has 0 spiro atoms. The molecule has 5 heteroatoms.